The van der Waals surface area contributed by atoms with E-state index in [-0.39, 0.29) is 11.1 Å². The molecule has 1 aliphatic carbocycles. The Morgan fingerprint density at radius 1 is 1.36 bits per heavy atom. The number of aromatic nitrogens is 2. The highest BCUT2D eigenvalue weighted by atomic mass is 19.4. The molecule has 2 aromatic rings. The fraction of sp³-hybridized carbons (Fsp3) is 0.333. The van der Waals surface area contributed by atoms with Gasteiger partial charge in [0.05, 0.1) is 17.3 Å². The van der Waals surface area contributed by atoms with Gasteiger partial charge in [-0.2, -0.15) is 18.3 Å². The number of carboxylic acids is 1. The lowest BCUT2D eigenvalue weighted by Gasteiger charge is -2.12. The van der Waals surface area contributed by atoms with Gasteiger partial charge in [0.1, 0.15) is 0 Å². The average molecular weight is 310 g/mol. The molecule has 1 aliphatic rings. The SMILES string of the molecule is O=C(O)c1ccc(-c2cnn(CC3CC3)c2)c(C(F)(F)F)c1. The Bertz CT molecular complexity index is 718. The van der Waals surface area contributed by atoms with Crippen LogP contribution in [-0.2, 0) is 12.7 Å². The number of hydrogen-bond acceptors (Lipinski definition) is 2. The quantitative estimate of drug-likeness (QED) is 0.937. The maximum Gasteiger partial charge on any atom is 0.417 e. The van der Waals surface area contributed by atoms with Crippen LogP contribution in [0.1, 0.15) is 28.8 Å². The van der Waals surface area contributed by atoms with E-state index in [1.54, 1.807) is 10.9 Å². The van der Waals surface area contributed by atoms with Crippen molar-refractivity contribution in [1.29, 1.82) is 0 Å². The number of carboxylic acid groups (broad SMARTS) is 1. The third kappa shape index (κ3) is 2.98. The third-order valence-corrected chi connectivity index (χ3v) is 3.66. The van der Waals surface area contributed by atoms with Crippen molar-refractivity contribution in [3.05, 3.63) is 41.7 Å². The predicted octanol–water partition coefficient (Wildman–Crippen LogP) is 3.68. The summed E-state index contributed by atoms with van der Waals surface area (Å²) in [6.07, 6.45) is 0.572. The first-order valence-electron chi connectivity index (χ1n) is 6.82. The highest BCUT2D eigenvalue weighted by molar-refractivity contribution is 5.89. The van der Waals surface area contributed by atoms with Gasteiger partial charge in [0.25, 0.3) is 0 Å². The lowest BCUT2D eigenvalue weighted by molar-refractivity contribution is -0.137. The Morgan fingerprint density at radius 2 is 2.09 bits per heavy atom. The highest BCUT2D eigenvalue weighted by Gasteiger charge is 2.35. The summed E-state index contributed by atoms with van der Waals surface area (Å²) >= 11 is 0. The second kappa shape index (κ2) is 5.15. The summed E-state index contributed by atoms with van der Waals surface area (Å²) in [5.74, 6) is -0.828. The zero-order valence-electron chi connectivity index (χ0n) is 11.5. The van der Waals surface area contributed by atoms with E-state index in [1.807, 2.05) is 0 Å². The maximum atomic E-state index is 13.2. The Labute approximate surface area is 124 Å². The van der Waals surface area contributed by atoms with Crippen LogP contribution < -0.4 is 0 Å². The van der Waals surface area contributed by atoms with Gasteiger partial charge in [-0.3, -0.25) is 4.68 Å². The van der Waals surface area contributed by atoms with Crippen molar-refractivity contribution in [2.75, 3.05) is 0 Å². The van der Waals surface area contributed by atoms with Gasteiger partial charge in [0.2, 0.25) is 0 Å². The first-order chi connectivity index (χ1) is 10.3. The van der Waals surface area contributed by atoms with Crippen LogP contribution in [0.3, 0.4) is 0 Å². The molecule has 1 heterocycles. The molecule has 0 amide bonds. The number of rotatable bonds is 4. The molecule has 4 nitrogen and oxygen atoms in total. The zero-order valence-corrected chi connectivity index (χ0v) is 11.5. The summed E-state index contributed by atoms with van der Waals surface area (Å²) < 4.78 is 41.2. The minimum atomic E-state index is -4.63. The molecule has 0 radical (unpaired) electrons. The van der Waals surface area contributed by atoms with Gasteiger partial charge in [0.15, 0.2) is 0 Å². The van der Waals surface area contributed by atoms with Crippen LogP contribution in [-0.4, -0.2) is 20.9 Å². The zero-order chi connectivity index (χ0) is 15.9. The van der Waals surface area contributed by atoms with Gasteiger partial charge in [-0.25, -0.2) is 4.79 Å². The molecule has 0 saturated heterocycles. The molecule has 1 saturated carbocycles. The first-order valence-corrected chi connectivity index (χ1v) is 6.82. The number of nitrogens with zero attached hydrogens (tertiary/aromatic N) is 2. The molecule has 0 unspecified atom stereocenters. The summed E-state index contributed by atoms with van der Waals surface area (Å²) in [6.45, 7) is 0.703. The van der Waals surface area contributed by atoms with Gasteiger partial charge in [-0.15, -0.1) is 0 Å². The monoisotopic (exact) mass is 310 g/mol. The van der Waals surface area contributed by atoms with E-state index < -0.39 is 17.7 Å². The molecular formula is C15H13F3N2O2. The second-order valence-electron chi connectivity index (χ2n) is 5.46. The highest BCUT2D eigenvalue weighted by Crippen LogP contribution is 2.38. The van der Waals surface area contributed by atoms with E-state index in [4.69, 9.17) is 5.11 Å². The lowest BCUT2D eigenvalue weighted by Crippen LogP contribution is -2.09. The van der Waals surface area contributed by atoms with Crippen LogP contribution in [0.2, 0.25) is 0 Å². The van der Waals surface area contributed by atoms with Crippen molar-refractivity contribution in [3.8, 4) is 11.1 Å². The van der Waals surface area contributed by atoms with E-state index >= 15 is 0 Å². The van der Waals surface area contributed by atoms with Crippen LogP contribution >= 0.6 is 0 Å². The molecule has 1 aromatic carbocycles. The van der Waals surface area contributed by atoms with Gasteiger partial charge in [0, 0.05) is 18.3 Å². The number of aromatic carboxylic acids is 1. The molecule has 0 bridgehead atoms. The Kier molecular flexibility index (Phi) is 3.42. The Morgan fingerprint density at radius 3 is 2.68 bits per heavy atom. The summed E-state index contributed by atoms with van der Waals surface area (Å²) in [7, 11) is 0. The number of alkyl halides is 3. The van der Waals surface area contributed by atoms with Crippen LogP contribution in [0, 0.1) is 5.92 Å². The summed E-state index contributed by atoms with van der Waals surface area (Å²) in [5, 5.41) is 12.9. The molecule has 1 aromatic heterocycles. The average Bonchev–Trinajstić information content (AvgIpc) is 3.13. The second-order valence-corrected chi connectivity index (χ2v) is 5.46. The first kappa shape index (κ1) is 14.6. The largest absolute Gasteiger partial charge is 0.478 e. The van der Waals surface area contributed by atoms with E-state index in [1.165, 1.54) is 18.3 Å². The van der Waals surface area contributed by atoms with Gasteiger partial charge < -0.3 is 5.11 Å². The molecule has 1 N–H and O–H groups in total. The van der Waals surface area contributed by atoms with Crippen LogP contribution in [0.4, 0.5) is 13.2 Å². The van der Waals surface area contributed by atoms with Crippen LogP contribution in [0.15, 0.2) is 30.6 Å². The van der Waals surface area contributed by atoms with E-state index in [9.17, 15) is 18.0 Å². The minimum Gasteiger partial charge on any atom is -0.478 e. The van der Waals surface area contributed by atoms with Crippen molar-refractivity contribution in [2.24, 2.45) is 5.92 Å². The van der Waals surface area contributed by atoms with E-state index in [0.29, 0.717) is 24.1 Å². The van der Waals surface area contributed by atoms with Crippen molar-refractivity contribution >= 4 is 5.97 Å². The van der Waals surface area contributed by atoms with Gasteiger partial charge in [-0.05, 0) is 36.5 Å². The Balaban J connectivity index is 2.01. The van der Waals surface area contributed by atoms with Crippen LogP contribution in [0.25, 0.3) is 11.1 Å². The standard InChI is InChI=1S/C15H13F3N2O2/c16-15(17,18)13-5-10(14(21)22)3-4-12(13)11-6-19-20(8-11)7-9-1-2-9/h3-6,8-9H,1-2,7H2,(H,21,22). The number of halogens is 3. The molecule has 7 heteroatoms. The van der Waals surface area contributed by atoms with Gasteiger partial charge >= 0.3 is 12.1 Å². The summed E-state index contributed by atoms with van der Waals surface area (Å²) in [6, 6.07) is 3.02. The molecule has 0 aliphatic heterocycles. The fourth-order valence-electron chi connectivity index (χ4n) is 2.33. The fourth-order valence-corrected chi connectivity index (χ4v) is 2.33. The topological polar surface area (TPSA) is 55.1 Å². The maximum absolute atomic E-state index is 13.2. The van der Waals surface area contributed by atoms with E-state index in [0.717, 1.165) is 12.8 Å². The summed E-state index contributed by atoms with van der Waals surface area (Å²) in [5.41, 5.74) is -1.07. The number of hydrogen-bond donors (Lipinski definition) is 1. The molecule has 22 heavy (non-hydrogen) atoms. The van der Waals surface area contributed by atoms with Crippen molar-refractivity contribution in [3.63, 3.8) is 0 Å². The van der Waals surface area contributed by atoms with Crippen molar-refractivity contribution in [2.45, 2.75) is 25.6 Å². The smallest absolute Gasteiger partial charge is 0.417 e. The van der Waals surface area contributed by atoms with Gasteiger partial charge in [-0.1, -0.05) is 6.07 Å². The van der Waals surface area contributed by atoms with Crippen molar-refractivity contribution in [1.82, 2.24) is 9.78 Å². The van der Waals surface area contributed by atoms with Crippen LogP contribution in [0.5, 0.6) is 0 Å². The Hall–Kier alpha value is -2.31. The number of benzene rings is 1. The molecule has 0 spiro atoms. The molecule has 116 valence electrons. The molecule has 3 rings (SSSR count). The van der Waals surface area contributed by atoms with Crippen molar-refractivity contribution < 1.29 is 23.1 Å². The van der Waals surface area contributed by atoms with E-state index in [2.05, 4.69) is 5.10 Å². The predicted molar refractivity (Wildman–Crippen MR) is 72.3 cm³/mol. The lowest BCUT2D eigenvalue weighted by atomic mass is 9.99. The number of carbonyl (C=O) groups is 1. The normalized spacial score (nSPS) is 15.0. The molecule has 1 fully saturated rings. The molecule has 0 atom stereocenters. The molecular weight excluding hydrogens is 297 g/mol. The summed E-state index contributed by atoms with van der Waals surface area (Å²) in [4.78, 5) is 10.9. The third-order valence-electron chi connectivity index (χ3n) is 3.66. The minimum absolute atomic E-state index is 0.0560.